The van der Waals surface area contributed by atoms with Crippen LogP contribution < -0.4 is 5.32 Å². The number of nitrogens with one attached hydrogen (secondary N) is 1. The van der Waals surface area contributed by atoms with Crippen molar-refractivity contribution >= 4 is 11.7 Å². The molecule has 5 heteroatoms. The molecular weight excluding hydrogens is 208 g/mol. The van der Waals surface area contributed by atoms with Gasteiger partial charge < -0.3 is 15.2 Å². The summed E-state index contributed by atoms with van der Waals surface area (Å²) in [5, 5.41) is 12.1. The molecule has 86 valence electrons. The molecule has 1 fully saturated rings. The van der Waals surface area contributed by atoms with E-state index in [1.807, 2.05) is 6.92 Å². The lowest BCUT2D eigenvalue weighted by atomic mass is 10.1. The van der Waals surface area contributed by atoms with Crippen LogP contribution in [0.3, 0.4) is 0 Å². The normalized spacial score (nSPS) is 24.3. The topological polar surface area (TPSA) is 71.5 Å². The Labute approximate surface area is 93.5 Å². The van der Waals surface area contributed by atoms with Crippen LogP contribution in [0.25, 0.3) is 0 Å². The van der Waals surface area contributed by atoms with Crippen molar-refractivity contribution in [1.29, 1.82) is 0 Å². The fourth-order valence-electron chi connectivity index (χ4n) is 1.77. The van der Waals surface area contributed by atoms with Crippen LogP contribution in [0.15, 0.2) is 18.3 Å². The molecule has 0 saturated carbocycles. The molecule has 16 heavy (non-hydrogen) atoms. The largest absolute Gasteiger partial charge is 0.477 e. The number of aromatic nitrogens is 1. The van der Waals surface area contributed by atoms with Gasteiger partial charge in [0.15, 0.2) is 0 Å². The molecule has 2 heterocycles. The van der Waals surface area contributed by atoms with Gasteiger partial charge in [-0.25, -0.2) is 9.78 Å². The van der Waals surface area contributed by atoms with Crippen LogP contribution in [0.5, 0.6) is 0 Å². The number of nitrogens with zero attached hydrogens (tertiary/aromatic N) is 1. The summed E-state index contributed by atoms with van der Waals surface area (Å²) in [6.45, 7) is 2.75. The van der Waals surface area contributed by atoms with Gasteiger partial charge in [0.25, 0.3) is 0 Å². The fraction of sp³-hybridized carbons (Fsp3) is 0.455. The summed E-state index contributed by atoms with van der Waals surface area (Å²) in [5.74, 6) is -1.01. The molecule has 2 rings (SSSR count). The molecule has 1 aromatic rings. The van der Waals surface area contributed by atoms with E-state index < -0.39 is 5.97 Å². The van der Waals surface area contributed by atoms with Crippen LogP contribution in [0.4, 0.5) is 5.69 Å². The minimum Gasteiger partial charge on any atom is -0.477 e. The van der Waals surface area contributed by atoms with E-state index in [2.05, 4.69) is 10.3 Å². The van der Waals surface area contributed by atoms with Crippen LogP contribution in [0.1, 0.15) is 23.8 Å². The maximum absolute atomic E-state index is 10.7. The standard InChI is InChI=1S/C11H14N2O3/c1-7-9(3-5-16-7)13-8-2-4-12-10(6-8)11(14)15/h2,4,6-7,9H,3,5H2,1H3,(H,12,13)(H,14,15). The van der Waals surface area contributed by atoms with Crippen LogP contribution in [-0.4, -0.2) is 34.8 Å². The minimum absolute atomic E-state index is 0.0524. The minimum atomic E-state index is -1.01. The van der Waals surface area contributed by atoms with E-state index in [-0.39, 0.29) is 17.8 Å². The highest BCUT2D eigenvalue weighted by Crippen LogP contribution is 2.18. The van der Waals surface area contributed by atoms with Crippen LogP contribution >= 0.6 is 0 Å². The number of aromatic carboxylic acids is 1. The number of hydrogen-bond donors (Lipinski definition) is 2. The van der Waals surface area contributed by atoms with Crippen LogP contribution in [0, 0.1) is 0 Å². The van der Waals surface area contributed by atoms with E-state index in [4.69, 9.17) is 9.84 Å². The van der Waals surface area contributed by atoms with Gasteiger partial charge in [-0.05, 0) is 25.5 Å². The van der Waals surface area contributed by atoms with Crippen molar-refractivity contribution in [2.45, 2.75) is 25.5 Å². The van der Waals surface area contributed by atoms with Crippen molar-refractivity contribution in [1.82, 2.24) is 4.98 Å². The second kappa shape index (κ2) is 4.49. The summed E-state index contributed by atoms with van der Waals surface area (Å²) < 4.78 is 5.42. The lowest BCUT2D eigenvalue weighted by Gasteiger charge is -2.17. The number of hydrogen-bond acceptors (Lipinski definition) is 4. The zero-order valence-corrected chi connectivity index (χ0v) is 9.01. The molecule has 1 aliphatic heterocycles. The average Bonchev–Trinajstić information content (AvgIpc) is 2.65. The Morgan fingerprint density at radius 3 is 3.12 bits per heavy atom. The summed E-state index contributed by atoms with van der Waals surface area (Å²) >= 11 is 0. The summed E-state index contributed by atoms with van der Waals surface area (Å²) in [4.78, 5) is 14.5. The van der Waals surface area contributed by atoms with Gasteiger partial charge >= 0.3 is 5.97 Å². The summed E-state index contributed by atoms with van der Waals surface area (Å²) in [6.07, 6.45) is 2.58. The molecule has 2 unspecified atom stereocenters. The third-order valence-electron chi connectivity index (χ3n) is 2.71. The van der Waals surface area contributed by atoms with E-state index >= 15 is 0 Å². The van der Waals surface area contributed by atoms with Gasteiger partial charge in [0.05, 0.1) is 12.1 Å². The first-order chi connectivity index (χ1) is 7.66. The van der Waals surface area contributed by atoms with Crippen molar-refractivity contribution in [3.63, 3.8) is 0 Å². The van der Waals surface area contributed by atoms with Crippen molar-refractivity contribution in [2.75, 3.05) is 11.9 Å². The van der Waals surface area contributed by atoms with Gasteiger partial charge in [0, 0.05) is 18.5 Å². The molecule has 1 aromatic heterocycles. The summed E-state index contributed by atoms with van der Waals surface area (Å²) in [7, 11) is 0. The highest BCUT2D eigenvalue weighted by molar-refractivity contribution is 5.86. The molecule has 0 spiro atoms. The molecule has 5 nitrogen and oxygen atoms in total. The molecule has 0 bridgehead atoms. The highest BCUT2D eigenvalue weighted by atomic mass is 16.5. The van der Waals surface area contributed by atoms with Gasteiger partial charge in [0.2, 0.25) is 0 Å². The molecule has 0 aliphatic carbocycles. The zero-order chi connectivity index (χ0) is 11.5. The van der Waals surface area contributed by atoms with Gasteiger partial charge in [-0.2, -0.15) is 0 Å². The number of carbonyl (C=O) groups is 1. The molecule has 0 amide bonds. The Hall–Kier alpha value is -1.62. The van der Waals surface area contributed by atoms with E-state index in [1.54, 1.807) is 6.07 Å². The van der Waals surface area contributed by atoms with E-state index in [9.17, 15) is 4.79 Å². The third-order valence-corrected chi connectivity index (χ3v) is 2.71. The Morgan fingerprint density at radius 1 is 1.69 bits per heavy atom. The van der Waals surface area contributed by atoms with Crippen molar-refractivity contribution in [3.8, 4) is 0 Å². The first kappa shape index (κ1) is 10.9. The van der Waals surface area contributed by atoms with Gasteiger partial charge in [-0.3, -0.25) is 0 Å². The molecule has 2 N–H and O–H groups in total. The Bertz CT molecular complexity index is 395. The van der Waals surface area contributed by atoms with Crippen molar-refractivity contribution in [2.24, 2.45) is 0 Å². The third kappa shape index (κ3) is 2.30. The number of carboxylic acids is 1. The molecule has 1 saturated heterocycles. The fourth-order valence-corrected chi connectivity index (χ4v) is 1.77. The molecule has 1 aliphatic rings. The number of pyridine rings is 1. The van der Waals surface area contributed by atoms with Gasteiger partial charge in [-0.1, -0.05) is 0 Å². The number of carboxylic acid groups (broad SMARTS) is 1. The van der Waals surface area contributed by atoms with Crippen molar-refractivity contribution < 1.29 is 14.6 Å². The maximum Gasteiger partial charge on any atom is 0.354 e. The molecule has 2 atom stereocenters. The Morgan fingerprint density at radius 2 is 2.50 bits per heavy atom. The first-order valence-electron chi connectivity index (χ1n) is 5.24. The lowest BCUT2D eigenvalue weighted by Crippen LogP contribution is -2.26. The Balaban J connectivity index is 2.09. The van der Waals surface area contributed by atoms with E-state index in [1.165, 1.54) is 12.3 Å². The second-order valence-electron chi connectivity index (χ2n) is 3.85. The number of anilines is 1. The maximum atomic E-state index is 10.7. The SMILES string of the molecule is CC1OCCC1Nc1ccnc(C(=O)O)c1. The lowest BCUT2D eigenvalue weighted by molar-refractivity contribution is 0.0690. The van der Waals surface area contributed by atoms with Gasteiger partial charge in [0.1, 0.15) is 5.69 Å². The smallest absolute Gasteiger partial charge is 0.354 e. The van der Waals surface area contributed by atoms with E-state index in [0.717, 1.165) is 18.7 Å². The molecule has 0 aromatic carbocycles. The van der Waals surface area contributed by atoms with Gasteiger partial charge in [-0.15, -0.1) is 0 Å². The summed E-state index contributed by atoms with van der Waals surface area (Å²) in [6, 6.07) is 3.54. The zero-order valence-electron chi connectivity index (χ0n) is 9.01. The van der Waals surface area contributed by atoms with Crippen LogP contribution in [-0.2, 0) is 4.74 Å². The molecule has 0 radical (unpaired) electrons. The quantitative estimate of drug-likeness (QED) is 0.808. The highest BCUT2D eigenvalue weighted by Gasteiger charge is 2.23. The van der Waals surface area contributed by atoms with Crippen molar-refractivity contribution in [3.05, 3.63) is 24.0 Å². The second-order valence-corrected chi connectivity index (χ2v) is 3.85. The van der Waals surface area contributed by atoms with Crippen LogP contribution in [0.2, 0.25) is 0 Å². The average molecular weight is 222 g/mol. The molecular formula is C11H14N2O3. The predicted molar refractivity (Wildman–Crippen MR) is 58.6 cm³/mol. The number of rotatable bonds is 3. The van der Waals surface area contributed by atoms with E-state index in [0.29, 0.717) is 0 Å². The first-order valence-corrected chi connectivity index (χ1v) is 5.24. The monoisotopic (exact) mass is 222 g/mol. The Kier molecular flexibility index (Phi) is 3.05. The predicted octanol–water partition coefficient (Wildman–Crippen LogP) is 1.37. The summed E-state index contributed by atoms with van der Waals surface area (Å²) in [5.41, 5.74) is 0.825. The number of ether oxygens (including phenoxy) is 1.